The third kappa shape index (κ3) is 15.1. The topological polar surface area (TPSA) is 25.8 Å². The summed E-state index contributed by atoms with van der Waals surface area (Å²) in [6, 6.07) is 2.26. The lowest BCUT2D eigenvalue weighted by atomic mass is 10.0. The van der Waals surface area contributed by atoms with Crippen molar-refractivity contribution in [3.63, 3.8) is 0 Å². The van der Waals surface area contributed by atoms with Crippen LogP contribution in [0, 0.1) is 0 Å². The maximum absolute atomic E-state index is 4.49. The molecule has 1 aromatic rings. The van der Waals surface area contributed by atoms with Crippen molar-refractivity contribution in [2.75, 3.05) is 0 Å². The van der Waals surface area contributed by atoms with Gasteiger partial charge in [-0.15, -0.1) is 0 Å². The van der Waals surface area contributed by atoms with Gasteiger partial charge in [0.2, 0.25) is 0 Å². The minimum Gasteiger partial charge on any atom is -0.241 e. The van der Waals surface area contributed by atoms with E-state index < -0.39 is 0 Å². The van der Waals surface area contributed by atoms with Gasteiger partial charge in [0.1, 0.15) is 6.33 Å². The van der Waals surface area contributed by atoms with Gasteiger partial charge in [-0.3, -0.25) is 0 Å². The molecule has 0 fully saturated rings. The standard InChI is InChI=1S/C26H48N2/c1-3-5-7-9-11-13-15-17-19-21-25-23-26(28-24-27-25)22-20-18-16-14-12-10-8-6-4-2/h23-24H,3-22H2,1-2H3. The number of hydrogen-bond donors (Lipinski definition) is 0. The van der Waals surface area contributed by atoms with Crippen LogP contribution in [0.3, 0.4) is 0 Å². The summed E-state index contributed by atoms with van der Waals surface area (Å²) in [6.45, 7) is 4.57. The van der Waals surface area contributed by atoms with Gasteiger partial charge in [-0.1, -0.05) is 117 Å². The Labute approximate surface area is 176 Å². The quantitative estimate of drug-likeness (QED) is 0.209. The zero-order valence-electron chi connectivity index (χ0n) is 19.2. The fraction of sp³-hybridized carbons (Fsp3) is 0.846. The van der Waals surface area contributed by atoms with Crippen LogP contribution >= 0.6 is 0 Å². The monoisotopic (exact) mass is 388 g/mol. The Bertz CT molecular complexity index is 407. The number of unbranched alkanes of at least 4 members (excludes halogenated alkanes) is 16. The summed E-state index contributed by atoms with van der Waals surface area (Å²) in [5, 5.41) is 0. The lowest BCUT2D eigenvalue weighted by molar-refractivity contribution is 0.561. The van der Waals surface area contributed by atoms with E-state index in [0.717, 1.165) is 12.8 Å². The average Bonchev–Trinajstić information content (AvgIpc) is 2.72. The fourth-order valence-electron chi connectivity index (χ4n) is 3.95. The second-order valence-corrected chi connectivity index (χ2v) is 8.66. The largest absolute Gasteiger partial charge is 0.241 e. The van der Waals surface area contributed by atoms with Gasteiger partial charge in [0, 0.05) is 11.4 Å². The van der Waals surface area contributed by atoms with Crippen molar-refractivity contribution in [3.05, 3.63) is 23.8 Å². The van der Waals surface area contributed by atoms with E-state index in [9.17, 15) is 0 Å². The van der Waals surface area contributed by atoms with E-state index in [4.69, 9.17) is 0 Å². The fourth-order valence-corrected chi connectivity index (χ4v) is 3.95. The molecule has 0 aliphatic carbocycles. The molecule has 0 atom stereocenters. The third-order valence-electron chi connectivity index (χ3n) is 5.85. The summed E-state index contributed by atoms with van der Waals surface area (Å²) in [5.74, 6) is 0. The van der Waals surface area contributed by atoms with Crippen molar-refractivity contribution in [1.29, 1.82) is 0 Å². The SMILES string of the molecule is CCCCCCCCCCCc1cc(CCCCCCCCCCC)ncn1. The lowest BCUT2D eigenvalue weighted by Gasteiger charge is -2.05. The first-order valence-corrected chi connectivity index (χ1v) is 12.7. The number of nitrogens with zero attached hydrogens (tertiary/aromatic N) is 2. The van der Waals surface area contributed by atoms with Crippen LogP contribution in [0.5, 0.6) is 0 Å². The van der Waals surface area contributed by atoms with Crippen molar-refractivity contribution in [3.8, 4) is 0 Å². The first-order valence-electron chi connectivity index (χ1n) is 12.7. The molecule has 0 saturated heterocycles. The van der Waals surface area contributed by atoms with Crippen LogP contribution in [-0.2, 0) is 12.8 Å². The third-order valence-corrected chi connectivity index (χ3v) is 5.85. The molecule has 0 aliphatic rings. The first kappa shape index (κ1) is 25.1. The highest BCUT2D eigenvalue weighted by Gasteiger charge is 2.01. The summed E-state index contributed by atoms with van der Waals surface area (Å²) in [5.41, 5.74) is 2.51. The predicted octanol–water partition coefficient (Wildman–Crippen LogP) is 8.62. The second kappa shape index (κ2) is 19.4. The Morgan fingerprint density at radius 1 is 0.464 bits per heavy atom. The Kier molecular flexibility index (Phi) is 17.4. The molecular formula is C26H48N2. The Balaban J connectivity index is 2.00. The second-order valence-electron chi connectivity index (χ2n) is 8.66. The van der Waals surface area contributed by atoms with Crippen molar-refractivity contribution in [1.82, 2.24) is 9.97 Å². The minimum absolute atomic E-state index is 1.13. The van der Waals surface area contributed by atoms with E-state index >= 15 is 0 Å². The Morgan fingerprint density at radius 3 is 1.14 bits per heavy atom. The van der Waals surface area contributed by atoms with Crippen molar-refractivity contribution >= 4 is 0 Å². The zero-order chi connectivity index (χ0) is 20.1. The highest BCUT2D eigenvalue weighted by Crippen LogP contribution is 2.13. The molecule has 0 spiro atoms. The van der Waals surface area contributed by atoms with Gasteiger partial charge in [-0.25, -0.2) is 9.97 Å². The Morgan fingerprint density at radius 2 is 0.786 bits per heavy atom. The number of aromatic nitrogens is 2. The molecule has 2 heteroatoms. The molecule has 1 rings (SSSR count). The molecule has 0 radical (unpaired) electrons. The maximum Gasteiger partial charge on any atom is 0.115 e. The van der Waals surface area contributed by atoms with Gasteiger partial charge >= 0.3 is 0 Å². The number of rotatable bonds is 20. The predicted molar refractivity (Wildman–Crippen MR) is 124 cm³/mol. The van der Waals surface area contributed by atoms with Crippen LogP contribution in [-0.4, -0.2) is 9.97 Å². The van der Waals surface area contributed by atoms with Crippen LogP contribution in [0.2, 0.25) is 0 Å². The van der Waals surface area contributed by atoms with Crippen LogP contribution in [0.25, 0.3) is 0 Å². The van der Waals surface area contributed by atoms with Crippen molar-refractivity contribution in [2.24, 2.45) is 0 Å². The molecule has 0 bridgehead atoms. The molecule has 1 aromatic heterocycles. The smallest absolute Gasteiger partial charge is 0.115 e. The summed E-state index contributed by atoms with van der Waals surface area (Å²) >= 11 is 0. The minimum atomic E-state index is 1.13. The maximum atomic E-state index is 4.49. The van der Waals surface area contributed by atoms with Crippen LogP contribution in [0.4, 0.5) is 0 Å². The van der Waals surface area contributed by atoms with Gasteiger partial charge in [-0.05, 0) is 31.7 Å². The number of aryl methyl sites for hydroxylation is 2. The Hall–Kier alpha value is -0.920. The number of hydrogen-bond acceptors (Lipinski definition) is 2. The summed E-state index contributed by atoms with van der Waals surface area (Å²) in [6.07, 6.45) is 29.0. The van der Waals surface area contributed by atoms with Gasteiger partial charge < -0.3 is 0 Å². The molecule has 0 saturated carbocycles. The van der Waals surface area contributed by atoms with Crippen molar-refractivity contribution in [2.45, 2.75) is 142 Å². The molecule has 0 amide bonds. The molecule has 0 aliphatic heterocycles. The first-order chi connectivity index (χ1) is 13.9. The lowest BCUT2D eigenvalue weighted by Crippen LogP contribution is -1.97. The highest BCUT2D eigenvalue weighted by atomic mass is 14.8. The summed E-state index contributed by atoms with van der Waals surface area (Å²) < 4.78 is 0. The molecule has 2 nitrogen and oxygen atoms in total. The average molecular weight is 389 g/mol. The highest BCUT2D eigenvalue weighted by molar-refractivity contribution is 5.08. The van der Waals surface area contributed by atoms with E-state index in [-0.39, 0.29) is 0 Å². The van der Waals surface area contributed by atoms with E-state index in [2.05, 4.69) is 29.9 Å². The summed E-state index contributed by atoms with van der Waals surface area (Å²) in [4.78, 5) is 8.98. The van der Waals surface area contributed by atoms with E-state index in [1.807, 2.05) is 0 Å². The van der Waals surface area contributed by atoms with Gasteiger partial charge in [0.15, 0.2) is 0 Å². The van der Waals surface area contributed by atoms with E-state index in [1.165, 1.54) is 127 Å². The van der Waals surface area contributed by atoms with Crippen LogP contribution < -0.4 is 0 Å². The molecule has 0 aromatic carbocycles. The molecule has 162 valence electrons. The van der Waals surface area contributed by atoms with Gasteiger partial charge in [0.05, 0.1) is 0 Å². The van der Waals surface area contributed by atoms with Crippen LogP contribution in [0.1, 0.15) is 141 Å². The van der Waals surface area contributed by atoms with Gasteiger partial charge in [0.25, 0.3) is 0 Å². The molecule has 28 heavy (non-hydrogen) atoms. The molecule has 0 N–H and O–H groups in total. The zero-order valence-corrected chi connectivity index (χ0v) is 19.2. The van der Waals surface area contributed by atoms with Crippen molar-refractivity contribution < 1.29 is 0 Å². The summed E-state index contributed by atoms with van der Waals surface area (Å²) in [7, 11) is 0. The van der Waals surface area contributed by atoms with E-state index in [0.29, 0.717) is 0 Å². The molecule has 1 heterocycles. The van der Waals surface area contributed by atoms with E-state index in [1.54, 1.807) is 6.33 Å². The molecular weight excluding hydrogens is 340 g/mol. The molecule has 0 unspecified atom stereocenters. The van der Waals surface area contributed by atoms with Gasteiger partial charge in [-0.2, -0.15) is 0 Å². The normalized spacial score (nSPS) is 11.2. The van der Waals surface area contributed by atoms with Crippen LogP contribution in [0.15, 0.2) is 12.4 Å².